The Morgan fingerprint density at radius 1 is 1.30 bits per heavy atom. The summed E-state index contributed by atoms with van der Waals surface area (Å²) in [5.74, 6) is 0. The fourth-order valence-corrected chi connectivity index (χ4v) is 2.29. The molecule has 1 aromatic heterocycles. The van der Waals surface area contributed by atoms with Crippen LogP contribution in [0.5, 0.6) is 0 Å². The number of thiocarbonyl (C=S) groups is 1. The second-order valence-corrected chi connectivity index (χ2v) is 5.32. The smallest absolute Gasteiger partial charge is 0.106 e. The van der Waals surface area contributed by atoms with Crippen molar-refractivity contribution in [2.75, 3.05) is 18.5 Å². The summed E-state index contributed by atoms with van der Waals surface area (Å²) in [4.78, 5) is 6.95. The molecule has 0 saturated carbocycles. The Kier molecular flexibility index (Phi) is 4.69. The van der Waals surface area contributed by atoms with Crippen molar-refractivity contribution in [3.05, 3.63) is 59.4 Å². The second kappa shape index (κ2) is 6.48. The molecule has 20 heavy (non-hydrogen) atoms. The second-order valence-electron chi connectivity index (χ2n) is 4.88. The summed E-state index contributed by atoms with van der Waals surface area (Å²) in [6, 6.07) is 12.1. The number of pyridine rings is 1. The molecule has 2 rings (SSSR count). The van der Waals surface area contributed by atoms with Gasteiger partial charge in [0.1, 0.15) is 4.99 Å². The fourth-order valence-electron chi connectivity index (χ4n) is 2.11. The van der Waals surface area contributed by atoms with E-state index in [1.165, 1.54) is 5.56 Å². The maximum Gasteiger partial charge on any atom is 0.106 e. The fraction of sp³-hybridized carbons (Fsp3) is 0.250. The monoisotopic (exact) mass is 285 g/mol. The molecule has 2 aromatic rings. The van der Waals surface area contributed by atoms with E-state index in [1.807, 2.05) is 36.5 Å². The Bertz CT molecular complexity index is 596. The largest absolute Gasteiger partial charge is 0.389 e. The molecule has 1 aromatic carbocycles. The highest BCUT2D eigenvalue weighted by molar-refractivity contribution is 7.80. The summed E-state index contributed by atoms with van der Waals surface area (Å²) in [5, 5.41) is 0. The van der Waals surface area contributed by atoms with Crippen molar-refractivity contribution in [3.8, 4) is 0 Å². The first-order valence-corrected chi connectivity index (χ1v) is 7.00. The number of hydrogen-bond acceptors (Lipinski definition) is 3. The lowest BCUT2D eigenvalue weighted by atomic mass is 10.1. The van der Waals surface area contributed by atoms with Crippen LogP contribution in [0.25, 0.3) is 0 Å². The third kappa shape index (κ3) is 3.54. The number of aromatic nitrogens is 1. The molecule has 3 nitrogen and oxygen atoms in total. The normalized spacial score (nSPS) is 10.3. The number of anilines is 1. The van der Waals surface area contributed by atoms with Gasteiger partial charge in [0.05, 0.1) is 0 Å². The van der Waals surface area contributed by atoms with E-state index in [9.17, 15) is 0 Å². The van der Waals surface area contributed by atoms with Gasteiger partial charge in [-0.05, 0) is 36.8 Å². The topological polar surface area (TPSA) is 42.1 Å². The first kappa shape index (κ1) is 14.5. The maximum absolute atomic E-state index is 5.80. The average Bonchev–Trinajstić information content (AvgIpc) is 2.45. The van der Waals surface area contributed by atoms with Gasteiger partial charge in [0.15, 0.2) is 0 Å². The van der Waals surface area contributed by atoms with Gasteiger partial charge in [0.25, 0.3) is 0 Å². The third-order valence-electron chi connectivity index (χ3n) is 3.26. The standard InChI is InChI=1S/C16H19N3S/c1-12-6-7-14(16(17)20)15(11-12)19(2)10-8-13-5-3-4-9-18-13/h3-7,9,11H,8,10H2,1-2H3,(H2,17,20). The minimum atomic E-state index is 0.435. The molecule has 0 spiro atoms. The predicted octanol–water partition coefficient (Wildman–Crippen LogP) is 2.70. The first-order chi connectivity index (χ1) is 9.58. The van der Waals surface area contributed by atoms with Crippen molar-refractivity contribution >= 4 is 22.9 Å². The van der Waals surface area contributed by atoms with Crippen molar-refractivity contribution < 1.29 is 0 Å². The number of nitrogens with two attached hydrogens (primary N) is 1. The van der Waals surface area contributed by atoms with Gasteiger partial charge >= 0.3 is 0 Å². The van der Waals surface area contributed by atoms with Gasteiger partial charge in [-0.3, -0.25) is 4.98 Å². The van der Waals surface area contributed by atoms with E-state index in [0.29, 0.717) is 4.99 Å². The zero-order chi connectivity index (χ0) is 14.5. The summed E-state index contributed by atoms with van der Waals surface area (Å²) >= 11 is 5.13. The highest BCUT2D eigenvalue weighted by Gasteiger charge is 2.10. The maximum atomic E-state index is 5.80. The third-order valence-corrected chi connectivity index (χ3v) is 3.48. The number of nitrogens with zero attached hydrogens (tertiary/aromatic N) is 2. The quantitative estimate of drug-likeness (QED) is 0.858. The molecule has 0 amide bonds. The van der Waals surface area contributed by atoms with E-state index >= 15 is 0 Å². The zero-order valence-electron chi connectivity index (χ0n) is 11.8. The van der Waals surface area contributed by atoms with E-state index in [-0.39, 0.29) is 0 Å². The molecule has 0 bridgehead atoms. The molecule has 0 unspecified atom stereocenters. The van der Waals surface area contributed by atoms with Crippen molar-refractivity contribution in [2.24, 2.45) is 5.73 Å². The van der Waals surface area contributed by atoms with Gasteiger partial charge in [-0.2, -0.15) is 0 Å². The van der Waals surface area contributed by atoms with Crippen molar-refractivity contribution in [2.45, 2.75) is 13.3 Å². The molecule has 1 heterocycles. The summed E-state index contributed by atoms with van der Waals surface area (Å²) < 4.78 is 0. The molecule has 0 atom stereocenters. The van der Waals surface area contributed by atoms with E-state index in [2.05, 4.69) is 29.9 Å². The van der Waals surface area contributed by atoms with Gasteiger partial charge in [0, 0.05) is 43.2 Å². The highest BCUT2D eigenvalue weighted by Crippen LogP contribution is 2.21. The van der Waals surface area contributed by atoms with Crippen LogP contribution in [-0.4, -0.2) is 23.6 Å². The zero-order valence-corrected chi connectivity index (χ0v) is 12.7. The molecule has 0 aliphatic rings. The van der Waals surface area contributed by atoms with E-state index in [4.69, 9.17) is 18.0 Å². The summed E-state index contributed by atoms with van der Waals surface area (Å²) in [5.41, 5.74) is 10.1. The van der Waals surface area contributed by atoms with Crippen LogP contribution in [0.15, 0.2) is 42.6 Å². The Balaban J connectivity index is 2.14. The van der Waals surface area contributed by atoms with Gasteiger partial charge in [0.2, 0.25) is 0 Å². The van der Waals surface area contributed by atoms with Crippen LogP contribution in [0.4, 0.5) is 5.69 Å². The van der Waals surface area contributed by atoms with Gasteiger partial charge < -0.3 is 10.6 Å². The van der Waals surface area contributed by atoms with Crippen LogP contribution < -0.4 is 10.6 Å². The van der Waals surface area contributed by atoms with Gasteiger partial charge in [-0.15, -0.1) is 0 Å². The lowest BCUT2D eigenvalue weighted by molar-refractivity contribution is 0.851. The summed E-state index contributed by atoms with van der Waals surface area (Å²) in [6.07, 6.45) is 2.71. The van der Waals surface area contributed by atoms with Crippen LogP contribution in [0.3, 0.4) is 0 Å². The van der Waals surface area contributed by atoms with E-state index in [0.717, 1.165) is 29.9 Å². The molecule has 4 heteroatoms. The van der Waals surface area contributed by atoms with E-state index in [1.54, 1.807) is 0 Å². The first-order valence-electron chi connectivity index (χ1n) is 6.59. The molecule has 0 saturated heterocycles. The van der Waals surface area contributed by atoms with Crippen LogP contribution >= 0.6 is 12.2 Å². The van der Waals surface area contributed by atoms with Crippen LogP contribution in [0.1, 0.15) is 16.8 Å². The number of aryl methyl sites for hydroxylation is 1. The van der Waals surface area contributed by atoms with Gasteiger partial charge in [-0.1, -0.05) is 24.4 Å². The van der Waals surface area contributed by atoms with Crippen molar-refractivity contribution in [1.82, 2.24) is 4.98 Å². The number of hydrogen-bond donors (Lipinski definition) is 1. The number of benzene rings is 1. The summed E-state index contributed by atoms with van der Waals surface area (Å²) in [6.45, 7) is 2.94. The van der Waals surface area contributed by atoms with Crippen LogP contribution in [0, 0.1) is 6.92 Å². The SMILES string of the molecule is Cc1ccc(C(N)=S)c(N(C)CCc2ccccn2)c1. The molecule has 0 radical (unpaired) electrons. The minimum Gasteiger partial charge on any atom is -0.389 e. The Labute approximate surface area is 125 Å². The molecule has 0 fully saturated rings. The molecular formula is C16H19N3S. The molecule has 0 aliphatic carbocycles. The van der Waals surface area contributed by atoms with Crippen molar-refractivity contribution in [3.63, 3.8) is 0 Å². The van der Waals surface area contributed by atoms with Crippen LogP contribution in [0.2, 0.25) is 0 Å². The Morgan fingerprint density at radius 3 is 2.75 bits per heavy atom. The summed E-state index contributed by atoms with van der Waals surface area (Å²) in [7, 11) is 2.06. The van der Waals surface area contributed by atoms with Gasteiger partial charge in [-0.25, -0.2) is 0 Å². The Hall–Kier alpha value is -1.94. The van der Waals surface area contributed by atoms with Crippen molar-refractivity contribution in [1.29, 1.82) is 0 Å². The predicted molar refractivity (Wildman–Crippen MR) is 88.3 cm³/mol. The molecular weight excluding hydrogens is 266 g/mol. The average molecular weight is 285 g/mol. The lowest BCUT2D eigenvalue weighted by Gasteiger charge is -2.22. The molecule has 2 N–H and O–H groups in total. The van der Waals surface area contributed by atoms with Crippen LogP contribution in [-0.2, 0) is 6.42 Å². The number of likely N-dealkylation sites (N-methyl/N-ethyl adjacent to an activating group) is 1. The molecule has 0 aliphatic heterocycles. The lowest BCUT2D eigenvalue weighted by Crippen LogP contribution is -2.24. The van der Waals surface area contributed by atoms with E-state index < -0.39 is 0 Å². The number of rotatable bonds is 5. The Morgan fingerprint density at radius 2 is 2.10 bits per heavy atom. The molecule has 104 valence electrons. The minimum absolute atomic E-state index is 0.435. The highest BCUT2D eigenvalue weighted by atomic mass is 32.1.